The standard InChI is InChI=1S/C19H13N3O2/c20-13-14-4-6-15(7-5-14)19(23)22-16-2-1-3-18(12-16)24-17-8-10-21-11-9-17/h1-12H,(H,22,23). The maximum Gasteiger partial charge on any atom is 0.255 e. The summed E-state index contributed by atoms with van der Waals surface area (Å²) in [5.74, 6) is 1.03. The maximum absolute atomic E-state index is 12.2. The molecule has 24 heavy (non-hydrogen) atoms. The van der Waals surface area contributed by atoms with Crippen molar-refractivity contribution < 1.29 is 9.53 Å². The quantitative estimate of drug-likeness (QED) is 0.789. The van der Waals surface area contributed by atoms with Crippen LogP contribution in [0.1, 0.15) is 15.9 Å². The van der Waals surface area contributed by atoms with E-state index in [-0.39, 0.29) is 5.91 Å². The molecule has 5 nitrogen and oxygen atoms in total. The third-order valence-electron chi connectivity index (χ3n) is 3.25. The summed E-state index contributed by atoms with van der Waals surface area (Å²) in [6.07, 6.45) is 3.29. The number of hydrogen-bond donors (Lipinski definition) is 1. The second kappa shape index (κ2) is 7.07. The maximum atomic E-state index is 12.2. The Kier molecular flexibility index (Phi) is 4.50. The highest BCUT2D eigenvalue weighted by atomic mass is 16.5. The Morgan fingerprint density at radius 3 is 2.46 bits per heavy atom. The Hall–Kier alpha value is -3.65. The number of ether oxygens (including phenoxy) is 1. The van der Waals surface area contributed by atoms with Gasteiger partial charge in [-0.1, -0.05) is 6.07 Å². The van der Waals surface area contributed by atoms with Crippen LogP contribution in [0.15, 0.2) is 73.1 Å². The number of aromatic nitrogens is 1. The Morgan fingerprint density at radius 2 is 1.75 bits per heavy atom. The zero-order valence-corrected chi connectivity index (χ0v) is 12.6. The van der Waals surface area contributed by atoms with Crippen LogP contribution in [0.5, 0.6) is 11.5 Å². The summed E-state index contributed by atoms with van der Waals surface area (Å²) in [6, 6.07) is 19.1. The first-order valence-electron chi connectivity index (χ1n) is 7.24. The summed E-state index contributed by atoms with van der Waals surface area (Å²) in [6.45, 7) is 0. The van der Waals surface area contributed by atoms with Crippen LogP contribution in [0.2, 0.25) is 0 Å². The number of nitrogens with zero attached hydrogens (tertiary/aromatic N) is 2. The molecule has 3 rings (SSSR count). The number of benzene rings is 2. The van der Waals surface area contributed by atoms with Gasteiger partial charge in [-0.2, -0.15) is 5.26 Å². The van der Waals surface area contributed by atoms with Gasteiger partial charge in [-0.15, -0.1) is 0 Å². The van der Waals surface area contributed by atoms with Gasteiger partial charge in [0, 0.05) is 29.7 Å². The molecular weight excluding hydrogens is 302 g/mol. The fourth-order valence-electron chi connectivity index (χ4n) is 2.08. The minimum absolute atomic E-state index is 0.249. The van der Waals surface area contributed by atoms with Crippen LogP contribution in [0.4, 0.5) is 5.69 Å². The van der Waals surface area contributed by atoms with E-state index in [0.717, 1.165) is 0 Å². The fourth-order valence-corrected chi connectivity index (χ4v) is 2.08. The lowest BCUT2D eigenvalue weighted by atomic mass is 10.1. The molecule has 0 saturated heterocycles. The predicted molar refractivity (Wildman–Crippen MR) is 89.9 cm³/mol. The van der Waals surface area contributed by atoms with Crippen molar-refractivity contribution in [1.29, 1.82) is 5.26 Å². The molecule has 0 radical (unpaired) electrons. The van der Waals surface area contributed by atoms with Crippen LogP contribution in [0.3, 0.4) is 0 Å². The van der Waals surface area contributed by atoms with Gasteiger partial charge in [-0.3, -0.25) is 9.78 Å². The molecule has 0 unspecified atom stereocenters. The van der Waals surface area contributed by atoms with E-state index in [1.165, 1.54) is 0 Å². The number of amides is 1. The molecule has 0 saturated carbocycles. The van der Waals surface area contributed by atoms with Crippen LogP contribution in [-0.2, 0) is 0 Å². The second-order valence-electron chi connectivity index (χ2n) is 4.96. The second-order valence-corrected chi connectivity index (χ2v) is 4.96. The van der Waals surface area contributed by atoms with Gasteiger partial charge in [0.05, 0.1) is 11.6 Å². The van der Waals surface area contributed by atoms with Gasteiger partial charge in [0.25, 0.3) is 5.91 Å². The smallest absolute Gasteiger partial charge is 0.255 e. The van der Waals surface area contributed by atoms with E-state index in [9.17, 15) is 4.79 Å². The predicted octanol–water partition coefficient (Wildman–Crippen LogP) is 4.00. The highest BCUT2D eigenvalue weighted by Gasteiger charge is 2.07. The summed E-state index contributed by atoms with van der Waals surface area (Å²) < 4.78 is 5.71. The minimum atomic E-state index is -0.249. The molecule has 5 heteroatoms. The highest BCUT2D eigenvalue weighted by Crippen LogP contribution is 2.23. The van der Waals surface area contributed by atoms with Crippen LogP contribution in [-0.4, -0.2) is 10.9 Å². The van der Waals surface area contributed by atoms with Gasteiger partial charge in [0.2, 0.25) is 0 Å². The number of carbonyl (C=O) groups is 1. The summed E-state index contributed by atoms with van der Waals surface area (Å²) in [5, 5.41) is 11.6. The van der Waals surface area contributed by atoms with Crippen molar-refractivity contribution in [3.05, 3.63) is 84.2 Å². The number of pyridine rings is 1. The van der Waals surface area contributed by atoms with Crippen molar-refractivity contribution in [1.82, 2.24) is 4.98 Å². The zero-order valence-electron chi connectivity index (χ0n) is 12.6. The van der Waals surface area contributed by atoms with Crippen LogP contribution < -0.4 is 10.1 Å². The topological polar surface area (TPSA) is 75.0 Å². The SMILES string of the molecule is N#Cc1ccc(C(=O)Nc2cccc(Oc3ccncc3)c2)cc1. The van der Waals surface area contributed by atoms with Crippen LogP contribution >= 0.6 is 0 Å². The highest BCUT2D eigenvalue weighted by molar-refractivity contribution is 6.04. The molecular formula is C19H13N3O2. The van der Waals surface area contributed by atoms with Crippen molar-refractivity contribution in [3.63, 3.8) is 0 Å². The third kappa shape index (κ3) is 3.76. The first-order valence-corrected chi connectivity index (χ1v) is 7.24. The van der Waals surface area contributed by atoms with Crippen molar-refractivity contribution in [3.8, 4) is 17.6 Å². The van der Waals surface area contributed by atoms with Crippen LogP contribution in [0, 0.1) is 11.3 Å². The molecule has 0 bridgehead atoms. The molecule has 0 aliphatic heterocycles. The normalized spacial score (nSPS) is 9.79. The van der Waals surface area contributed by atoms with Gasteiger partial charge in [-0.05, 0) is 48.5 Å². The summed E-state index contributed by atoms with van der Waals surface area (Å²) in [5.41, 5.74) is 1.62. The van der Waals surface area contributed by atoms with Crippen molar-refractivity contribution >= 4 is 11.6 Å². The molecule has 0 atom stereocenters. The van der Waals surface area contributed by atoms with Gasteiger partial charge in [0.1, 0.15) is 11.5 Å². The Bertz CT molecular complexity index is 884. The average molecular weight is 315 g/mol. The molecule has 0 fully saturated rings. The Balaban J connectivity index is 1.72. The van der Waals surface area contributed by atoms with E-state index in [2.05, 4.69) is 10.3 Å². The van der Waals surface area contributed by atoms with Gasteiger partial charge < -0.3 is 10.1 Å². The molecule has 1 heterocycles. The molecule has 0 aliphatic rings. The van der Waals surface area contributed by atoms with Gasteiger partial charge >= 0.3 is 0 Å². The van der Waals surface area contributed by atoms with Crippen molar-refractivity contribution in [2.75, 3.05) is 5.32 Å². The van der Waals surface area contributed by atoms with Crippen LogP contribution in [0.25, 0.3) is 0 Å². The first-order chi connectivity index (χ1) is 11.7. The summed E-state index contributed by atoms with van der Waals surface area (Å²) >= 11 is 0. The van der Waals surface area contributed by atoms with E-state index in [1.807, 2.05) is 6.07 Å². The fraction of sp³-hybridized carbons (Fsp3) is 0. The molecule has 116 valence electrons. The van der Waals surface area contributed by atoms with E-state index >= 15 is 0 Å². The Morgan fingerprint density at radius 1 is 1.00 bits per heavy atom. The Labute approximate surface area is 139 Å². The monoisotopic (exact) mass is 315 g/mol. The number of carbonyl (C=O) groups excluding carboxylic acids is 1. The summed E-state index contributed by atoms with van der Waals surface area (Å²) in [4.78, 5) is 16.2. The van der Waals surface area contributed by atoms with E-state index < -0.39 is 0 Å². The third-order valence-corrected chi connectivity index (χ3v) is 3.25. The lowest BCUT2D eigenvalue weighted by Crippen LogP contribution is -2.11. The number of anilines is 1. The molecule has 1 N–H and O–H groups in total. The lowest BCUT2D eigenvalue weighted by molar-refractivity contribution is 0.102. The van der Waals surface area contributed by atoms with E-state index in [4.69, 9.17) is 10.00 Å². The molecule has 1 amide bonds. The van der Waals surface area contributed by atoms with E-state index in [1.54, 1.807) is 73.1 Å². The molecule has 0 aliphatic carbocycles. The van der Waals surface area contributed by atoms with Gasteiger partial charge in [0.15, 0.2) is 0 Å². The largest absolute Gasteiger partial charge is 0.457 e. The molecule has 0 spiro atoms. The van der Waals surface area contributed by atoms with Gasteiger partial charge in [-0.25, -0.2) is 0 Å². The number of hydrogen-bond acceptors (Lipinski definition) is 4. The first kappa shape index (κ1) is 15.3. The zero-order chi connectivity index (χ0) is 16.8. The van der Waals surface area contributed by atoms with E-state index in [0.29, 0.717) is 28.3 Å². The number of nitriles is 1. The molecule has 1 aromatic heterocycles. The average Bonchev–Trinajstić information content (AvgIpc) is 2.63. The molecule has 3 aromatic rings. The number of nitrogens with one attached hydrogen (secondary N) is 1. The molecule has 2 aromatic carbocycles. The minimum Gasteiger partial charge on any atom is -0.457 e. The van der Waals surface area contributed by atoms with Crippen molar-refractivity contribution in [2.24, 2.45) is 0 Å². The summed E-state index contributed by atoms with van der Waals surface area (Å²) in [7, 11) is 0. The number of rotatable bonds is 4. The van der Waals surface area contributed by atoms with Crippen molar-refractivity contribution in [2.45, 2.75) is 0 Å². The lowest BCUT2D eigenvalue weighted by Gasteiger charge is -2.09.